The Morgan fingerprint density at radius 2 is 2.14 bits per heavy atom. The van der Waals surface area contributed by atoms with Crippen LogP contribution in [0.2, 0.25) is 0 Å². The highest BCUT2D eigenvalue weighted by molar-refractivity contribution is 9.10. The third kappa shape index (κ3) is 1.41. The second-order valence-electron chi connectivity index (χ2n) is 2.99. The molecule has 14 heavy (non-hydrogen) atoms. The van der Waals surface area contributed by atoms with E-state index in [2.05, 4.69) is 25.9 Å². The maximum Gasteiger partial charge on any atom is 0.295 e. The van der Waals surface area contributed by atoms with Crippen molar-refractivity contribution in [2.24, 2.45) is 0 Å². The van der Waals surface area contributed by atoms with Gasteiger partial charge < -0.3 is 4.98 Å². The van der Waals surface area contributed by atoms with Crippen molar-refractivity contribution >= 4 is 27.0 Å². The molecular formula is C9H7BrF2N2. The Morgan fingerprint density at radius 1 is 1.43 bits per heavy atom. The Morgan fingerprint density at radius 3 is 2.79 bits per heavy atom. The first-order chi connectivity index (χ1) is 6.59. The average Bonchev–Trinajstić information content (AvgIpc) is 2.56. The molecular weight excluding hydrogens is 254 g/mol. The molecule has 0 saturated heterocycles. The molecule has 0 aliphatic rings. The molecule has 0 aliphatic heterocycles. The van der Waals surface area contributed by atoms with E-state index in [4.69, 9.17) is 0 Å². The molecule has 0 amide bonds. The molecule has 0 saturated carbocycles. The number of aromatic amines is 1. The predicted octanol–water partition coefficient (Wildman–Crippen LogP) is 3.57. The van der Waals surface area contributed by atoms with Crippen LogP contribution in [0.3, 0.4) is 0 Å². The first kappa shape index (κ1) is 9.58. The molecule has 2 aromatic rings. The minimum Gasteiger partial charge on any atom is -0.337 e. The molecule has 0 spiro atoms. The van der Waals surface area contributed by atoms with Crippen molar-refractivity contribution in [1.82, 2.24) is 9.97 Å². The van der Waals surface area contributed by atoms with Gasteiger partial charge in [-0.15, -0.1) is 0 Å². The fourth-order valence-corrected chi connectivity index (χ4v) is 1.63. The van der Waals surface area contributed by atoms with Crippen molar-refractivity contribution in [3.05, 3.63) is 28.0 Å². The Labute approximate surface area is 87.5 Å². The maximum absolute atomic E-state index is 12.3. The molecule has 5 heteroatoms. The van der Waals surface area contributed by atoms with Gasteiger partial charge in [0.2, 0.25) is 0 Å². The highest BCUT2D eigenvalue weighted by Crippen LogP contribution is 2.26. The lowest BCUT2D eigenvalue weighted by Crippen LogP contribution is -1.85. The monoisotopic (exact) mass is 260 g/mol. The van der Waals surface area contributed by atoms with Crippen LogP contribution < -0.4 is 0 Å². The van der Waals surface area contributed by atoms with Crippen LogP contribution >= 0.6 is 15.9 Å². The highest BCUT2D eigenvalue weighted by atomic mass is 79.9. The number of rotatable bonds is 1. The van der Waals surface area contributed by atoms with Crippen LogP contribution in [0.25, 0.3) is 11.0 Å². The zero-order valence-electron chi connectivity index (χ0n) is 7.31. The molecule has 1 heterocycles. The molecule has 0 atom stereocenters. The van der Waals surface area contributed by atoms with E-state index < -0.39 is 6.43 Å². The van der Waals surface area contributed by atoms with Crippen molar-refractivity contribution in [3.8, 4) is 0 Å². The summed E-state index contributed by atoms with van der Waals surface area (Å²) in [5, 5.41) is 0. The van der Waals surface area contributed by atoms with E-state index in [0.717, 1.165) is 10.0 Å². The average molecular weight is 261 g/mol. The minimum absolute atomic E-state index is 0.277. The lowest BCUT2D eigenvalue weighted by atomic mass is 10.2. The number of alkyl halides is 2. The minimum atomic E-state index is -2.56. The first-order valence-corrected chi connectivity index (χ1v) is 4.81. The standard InChI is InChI=1S/C9H7BrF2N2/c1-4-5(10)2-3-6-7(4)14-9(13-6)8(11)12/h2-3,8H,1H3,(H,13,14). The number of fused-ring (bicyclic) bond motifs is 1. The van der Waals surface area contributed by atoms with E-state index in [9.17, 15) is 8.78 Å². The lowest BCUT2D eigenvalue weighted by molar-refractivity contribution is 0.142. The molecule has 2 rings (SSSR count). The summed E-state index contributed by atoms with van der Waals surface area (Å²) in [5.74, 6) is -0.277. The van der Waals surface area contributed by atoms with Gasteiger partial charge in [0.1, 0.15) is 0 Å². The van der Waals surface area contributed by atoms with Gasteiger partial charge in [-0.25, -0.2) is 13.8 Å². The number of imidazole rings is 1. The third-order valence-electron chi connectivity index (χ3n) is 2.07. The molecule has 1 aromatic heterocycles. The predicted molar refractivity (Wildman–Crippen MR) is 53.5 cm³/mol. The van der Waals surface area contributed by atoms with Crippen LogP contribution in [-0.2, 0) is 0 Å². The summed E-state index contributed by atoms with van der Waals surface area (Å²) in [4.78, 5) is 6.42. The van der Waals surface area contributed by atoms with Crippen molar-refractivity contribution in [2.45, 2.75) is 13.3 Å². The van der Waals surface area contributed by atoms with Gasteiger partial charge in [-0.05, 0) is 24.6 Å². The van der Waals surface area contributed by atoms with Crippen molar-refractivity contribution in [2.75, 3.05) is 0 Å². The van der Waals surface area contributed by atoms with Crippen LogP contribution in [-0.4, -0.2) is 9.97 Å². The van der Waals surface area contributed by atoms with E-state index in [1.54, 1.807) is 6.07 Å². The Bertz CT molecular complexity index is 479. The second-order valence-corrected chi connectivity index (χ2v) is 3.85. The Hall–Kier alpha value is -0.970. The lowest BCUT2D eigenvalue weighted by Gasteiger charge is -1.96. The summed E-state index contributed by atoms with van der Waals surface area (Å²) in [6.07, 6.45) is -2.56. The van der Waals surface area contributed by atoms with E-state index in [1.165, 1.54) is 0 Å². The molecule has 1 N–H and O–H groups in total. The topological polar surface area (TPSA) is 28.7 Å². The Balaban J connectivity index is 2.71. The molecule has 0 radical (unpaired) electrons. The molecule has 1 aromatic carbocycles. The smallest absolute Gasteiger partial charge is 0.295 e. The molecule has 0 fully saturated rings. The van der Waals surface area contributed by atoms with Gasteiger partial charge in [-0.1, -0.05) is 15.9 Å². The number of aromatic nitrogens is 2. The molecule has 0 unspecified atom stereocenters. The number of hydrogen-bond acceptors (Lipinski definition) is 1. The zero-order valence-corrected chi connectivity index (χ0v) is 8.90. The zero-order chi connectivity index (χ0) is 10.3. The SMILES string of the molecule is Cc1c(Br)ccc2[nH]c(C(F)F)nc12. The number of aryl methyl sites for hydroxylation is 1. The summed E-state index contributed by atoms with van der Waals surface area (Å²) in [7, 11) is 0. The van der Waals surface area contributed by atoms with Gasteiger partial charge in [0, 0.05) is 4.47 Å². The van der Waals surface area contributed by atoms with Gasteiger partial charge >= 0.3 is 0 Å². The largest absolute Gasteiger partial charge is 0.337 e. The summed E-state index contributed by atoms with van der Waals surface area (Å²) in [6, 6.07) is 3.54. The molecule has 2 nitrogen and oxygen atoms in total. The summed E-state index contributed by atoms with van der Waals surface area (Å²) >= 11 is 3.32. The number of nitrogens with one attached hydrogen (secondary N) is 1. The maximum atomic E-state index is 12.3. The third-order valence-corrected chi connectivity index (χ3v) is 2.93. The van der Waals surface area contributed by atoms with Crippen LogP contribution in [0.4, 0.5) is 8.78 Å². The molecule has 74 valence electrons. The number of halogens is 3. The van der Waals surface area contributed by atoms with Gasteiger partial charge in [0.15, 0.2) is 5.82 Å². The molecule has 0 aliphatic carbocycles. The fraction of sp³-hybridized carbons (Fsp3) is 0.222. The molecule has 0 bridgehead atoms. The summed E-state index contributed by atoms with van der Waals surface area (Å²) in [6.45, 7) is 1.84. The number of H-pyrrole nitrogens is 1. The van der Waals surface area contributed by atoms with Crippen molar-refractivity contribution < 1.29 is 8.78 Å². The number of hydrogen-bond donors (Lipinski definition) is 1. The van der Waals surface area contributed by atoms with Crippen LogP contribution in [0.5, 0.6) is 0 Å². The first-order valence-electron chi connectivity index (χ1n) is 4.02. The van der Waals surface area contributed by atoms with Crippen molar-refractivity contribution in [1.29, 1.82) is 0 Å². The van der Waals surface area contributed by atoms with Crippen LogP contribution in [0.15, 0.2) is 16.6 Å². The second kappa shape index (κ2) is 3.31. The summed E-state index contributed by atoms with van der Waals surface area (Å²) in [5.41, 5.74) is 2.10. The number of nitrogens with zero attached hydrogens (tertiary/aromatic N) is 1. The van der Waals surface area contributed by atoms with Gasteiger partial charge in [0.05, 0.1) is 11.0 Å². The van der Waals surface area contributed by atoms with E-state index in [1.807, 2.05) is 13.0 Å². The summed E-state index contributed by atoms with van der Waals surface area (Å²) < 4.78 is 25.5. The van der Waals surface area contributed by atoms with Crippen LogP contribution in [0, 0.1) is 6.92 Å². The van der Waals surface area contributed by atoms with Crippen molar-refractivity contribution in [3.63, 3.8) is 0 Å². The van der Waals surface area contributed by atoms with E-state index in [0.29, 0.717) is 11.0 Å². The fourth-order valence-electron chi connectivity index (χ4n) is 1.31. The van der Waals surface area contributed by atoms with Gasteiger partial charge in [-0.3, -0.25) is 0 Å². The highest BCUT2D eigenvalue weighted by Gasteiger charge is 2.14. The Kier molecular flexibility index (Phi) is 2.26. The number of benzene rings is 1. The van der Waals surface area contributed by atoms with E-state index >= 15 is 0 Å². The van der Waals surface area contributed by atoms with Crippen LogP contribution in [0.1, 0.15) is 17.8 Å². The van der Waals surface area contributed by atoms with Gasteiger partial charge in [0.25, 0.3) is 6.43 Å². The van der Waals surface area contributed by atoms with Gasteiger partial charge in [-0.2, -0.15) is 0 Å². The normalized spacial score (nSPS) is 11.5. The quantitative estimate of drug-likeness (QED) is 0.835. The van der Waals surface area contributed by atoms with E-state index in [-0.39, 0.29) is 5.82 Å².